The Kier molecular flexibility index (Phi) is 2.82. The molecule has 0 unspecified atom stereocenters. The van der Waals surface area contributed by atoms with Crippen LogP contribution in [0.15, 0.2) is 29.9 Å². The predicted molar refractivity (Wildman–Crippen MR) is 81.7 cm³/mol. The van der Waals surface area contributed by atoms with Gasteiger partial charge in [-0.25, -0.2) is 0 Å². The predicted octanol–water partition coefficient (Wildman–Crippen LogP) is 2.95. The number of hydrogen-bond acceptors (Lipinski definition) is 4. The first-order valence-corrected chi connectivity index (χ1v) is 7.77. The van der Waals surface area contributed by atoms with Gasteiger partial charge in [-0.1, -0.05) is 0 Å². The minimum atomic E-state index is 0.709. The van der Waals surface area contributed by atoms with Crippen molar-refractivity contribution >= 4 is 21.6 Å². The third-order valence-corrected chi connectivity index (χ3v) is 4.49. The van der Waals surface area contributed by atoms with Gasteiger partial charge >= 0.3 is 0 Å². The molecule has 0 aliphatic heterocycles. The Bertz CT molecular complexity index is 754. The van der Waals surface area contributed by atoms with Crippen LogP contribution in [0.3, 0.4) is 0 Å². The lowest BCUT2D eigenvalue weighted by Gasteiger charge is -2.03. The molecule has 0 aromatic carbocycles. The zero-order chi connectivity index (χ0) is 13.5. The second kappa shape index (κ2) is 4.68. The molecule has 0 radical (unpaired) electrons. The van der Waals surface area contributed by atoms with Gasteiger partial charge in [0.15, 0.2) is 0 Å². The zero-order valence-corrected chi connectivity index (χ0v) is 12.2. The van der Waals surface area contributed by atoms with Crippen molar-refractivity contribution in [3.05, 3.63) is 35.5 Å². The number of pyridine rings is 1. The third kappa shape index (κ3) is 2.23. The van der Waals surface area contributed by atoms with Gasteiger partial charge in [-0.2, -0.15) is 5.10 Å². The molecular weight excluding hydrogens is 268 g/mol. The molecule has 3 aromatic rings. The quantitative estimate of drug-likeness (QED) is 0.801. The largest absolute Gasteiger partial charge is 0.310 e. The van der Waals surface area contributed by atoms with E-state index in [0.29, 0.717) is 6.04 Å². The summed E-state index contributed by atoms with van der Waals surface area (Å²) in [5.74, 6) is 0. The van der Waals surface area contributed by atoms with E-state index in [-0.39, 0.29) is 0 Å². The maximum absolute atomic E-state index is 4.61. The highest BCUT2D eigenvalue weighted by atomic mass is 32.1. The zero-order valence-electron chi connectivity index (χ0n) is 11.3. The van der Waals surface area contributed by atoms with Gasteiger partial charge < -0.3 is 5.32 Å². The Labute approximate surface area is 121 Å². The fraction of sp³-hybridized carbons (Fsp3) is 0.333. The maximum Gasteiger partial charge on any atom is 0.0983 e. The third-order valence-electron chi connectivity index (χ3n) is 3.64. The second-order valence-electron chi connectivity index (χ2n) is 5.36. The first-order chi connectivity index (χ1) is 9.79. The smallest absolute Gasteiger partial charge is 0.0983 e. The Morgan fingerprint density at radius 2 is 2.35 bits per heavy atom. The summed E-state index contributed by atoms with van der Waals surface area (Å²) >= 11 is 1.72. The lowest BCUT2D eigenvalue weighted by atomic mass is 10.1. The fourth-order valence-electron chi connectivity index (χ4n) is 2.43. The number of nitrogens with one attached hydrogen (secondary N) is 1. The Morgan fingerprint density at radius 3 is 3.20 bits per heavy atom. The summed E-state index contributed by atoms with van der Waals surface area (Å²) < 4.78 is 3.10. The van der Waals surface area contributed by atoms with Crippen LogP contribution < -0.4 is 5.32 Å². The molecule has 5 heteroatoms. The van der Waals surface area contributed by atoms with Crippen LogP contribution in [0, 0.1) is 0 Å². The van der Waals surface area contributed by atoms with Gasteiger partial charge in [0.1, 0.15) is 0 Å². The van der Waals surface area contributed by atoms with Gasteiger partial charge in [0, 0.05) is 43.2 Å². The van der Waals surface area contributed by atoms with Gasteiger partial charge in [0.2, 0.25) is 0 Å². The molecule has 0 atom stereocenters. The normalized spacial score (nSPS) is 15.1. The average Bonchev–Trinajstić information content (AvgIpc) is 3.03. The van der Waals surface area contributed by atoms with Crippen LogP contribution in [0.25, 0.3) is 21.5 Å². The van der Waals surface area contributed by atoms with E-state index in [4.69, 9.17) is 0 Å². The minimum Gasteiger partial charge on any atom is -0.310 e. The average molecular weight is 284 g/mol. The molecule has 4 nitrogen and oxygen atoms in total. The summed E-state index contributed by atoms with van der Waals surface area (Å²) in [5, 5.41) is 10.2. The number of aryl methyl sites for hydroxylation is 1. The molecule has 0 spiro atoms. The molecular formula is C15H16N4S. The molecule has 1 N–H and O–H groups in total. The van der Waals surface area contributed by atoms with Gasteiger partial charge in [0.25, 0.3) is 0 Å². The summed E-state index contributed by atoms with van der Waals surface area (Å²) in [6.07, 6.45) is 6.64. The van der Waals surface area contributed by atoms with Crippen LogP contribution in [0.1, 0.15) is 18.4 Å². The van der Waals surface area contributed by atoms with Crippen LogP contribution in [-0.2, 0) is 13.6 Å². The van der Waals surface area contributed by atoms with Crippen molar-refractivity contribution in [1.82, 2.24) is 20.1 Å². The van der Waals surface area contributed by atoms with Crippen molar-refractivity contribution in [3.63, 3.8) is 0 Å². The van der Waals surface area contributed by atoms with Crippen molar-refractivity contribution in [3.8, 4) is 11.3 Å². The van der Waals surface area contributed by atoms with Crippen molar-refractivity contribution < 1.29 is 0 Å². The molecule has 20 heavy (non-hydrogen) atoms. The van der Waals surface area contributed by atoms with Crippen LogP contribution >= 0.6 is 11.3 Å². The fourth-order valence-corrected chi connectivity index (χ4v) is 3.21. The molecule has 3 aromatic heterocycles. The lowest BCUT2D eigenvalue weighted by Crippen LogP contribution is -2.15. The molecule has 1 aliphatic carbocycles. The highest BCUT2D eigenvalue weighted by molar-refractivity contribution is 7.17. The maximum atomic E-state index is 4.61. The van der Waals surface area contributed by atoms with Crippen molar-refractivity contribution in [1.29, 1.82) is 0 Å². The summed E-state index contributed by atoms with van der Waals surface area (Å²) in [5.41, 5.74) is 4.46. The van der Waals surface area contributed by atoms with E-state index in [1.54, 1.807) is 11.3 Å². The number of fused-ring (bicyclic) bond motifs is 1. The molecule has 0 amide bonds. The number of rotatable bonds is 4. The molecule has 0 bridgehead atoms. The topological polar surface area (TPSA) is 42.7 Å². The van der Waals surface area contributed by atoms with E-state index in [0.717, 1.165) is 23.3 Å². The first kappa shape index (κ1) is 12.1. The standard InChI is InChI=1S/C15H16N4S/c1-19-9-11(8-16-12-2-3-12)15(18-19)10-6-14-13(17-7-10)4-5-20-14/h4-7,9,12,16H,2-3,8H2,1H3. The second-order valence-corrected chi connectivity index (χ2v) is 6.31. The highest BCUT2D eigenvalue weighted by Gasteiger charge is 2.21. The van der Waals surface area contributed by atoms with E-state index in [1.165, 1.54) is 23.1 Å². The van der Waals surface area contributed by atoms with Gasteiger partial charge in [-0.3, -0.25) is 9.67 Å². The van der Waals surface area contributed by atoms with E-state index in [9.17, 15) is 0 Å². The monoisotopic (exact) mass is 284 g/mol. The lowest BCUT2D eigenvalue weighted by molar-refractivity contribution is 0.687. The van der Waals surface area contributed by atoms with E-state index in [1.807, 2.05) is 17.9 Å². The number of aromatic nitrogens is 3. The van der Waals surface area contributed by atoms with Crippen molar-refractivity contribution in [2.45, 2.75) is 25.4 Å². The minimum absolute atomic E-state index is 0.709. The van der Waals surface area contributed by atoms with Gasteiger partial charge in [-0.05, 0) is 30.4 Å². The Balaban J connectivity index is 1.71. The Hall–Kier alpha value is -1.72. The number of thiophene rings is 1. The summed E-state index contributed by atoms with van der Waals surface area (Å²) in [4.78, 5) is 4.52. The molecule has 1 saturated carbocycles. The van der Waals surface area contributed by atoms with Gasteiger partial charge in [0.05, 0.1) is 15.9 Å². The number of nitrogens with zero attached hydrogens (tertiary/aromatic N) is 3. The molecule has 102 valence electrons. The molecule has 3 heterocycles. The van der Waals surface area contributed by atoms with Crippen LogP contribution in [0.2, 0.25) is 0 Å². The molecule has 1 aliphatic rings. The summed E-state index contributed by atoms with van der Waals surface area (Å²) in [6.45, 7) is 0.885. The summed E-state index contributed by atoms with van der Waals surface area (Å²) in [7, 11) is 1.97. The molecule has 1 fully saturated rings. The van der Waals surface area contributed by atoms with Crippen LogP contribution in [0.4, 0.5) is 0 Å². The van der Waals surface area contributed by atoms with Crippen LogP contribution in [0.5, 0.6) is 0 Å². The molecule has 0 saturated heterocycles. The number of hydrogen-bond donors (Lipinski definition) is 1. The van der Waals surface area contributed by atoms with Crippen molar-refractivity contribution in [2.75, 3.05) is 0 Å². The van der Waals surface area contributed by atoms with E-state index >= 15 is 0 Å². The Morgan fingerprint density at radius 1 is 1.45 bits per heavy atom. The van der Waals surface area contributed by atoms with E-state index in [2.05, 4.69) is 39.1 Å². The van der Waals surface area contributed by atoms with Crippen molar-refractivity contribution in [2.24, 2.45) is 7.05 Å². The van der Waals surface area contributed by atoms with Crippen LogP contribution in [-0.4, -0.2) is 20.8 Å². The first-order valence-electron chi connectivity index (χ1n) is 6.89. The van der Waals surface area contributed by atoms with Gasteiger partial charge in [-0.15, -0.1) is 11.3 Å². The molecule has 4 rings (SSSR count). The highest BCUT2D eigenvalue weighted by Crippen LogP contribution is 2.28. The SMILES string of the molecule is Cn1cc(CNC2CC2)c(-c2cnc3ccsc3c2)n1. The summed E-state index contributed by atoms with van der Waals surface area (Å²) in [6, 6.07) is 4.95. The van der Waals surface area contributed by atoms with E-state index < -0.39 is 0 Å².